The van der Waals surface area contributed by atoms with Gasteiger partial charge in [0.05, 0.1) is 0 Å². The molecule has 0 fully saturated rings. The van der Waals surface area contributed by atoms with Crippen LogP contribution in [0.4, 0.5) is 0 Å². The Morgan fingerprint density at radius 2 is 2.11 bits per heavy atom. The zero-order valence-electron chi connectivity index (χ0n) is 11.2. The van der Waals surface area contributed by atoms with E-state index in [2.05, 4.69) is 37.4 Å². The van der Waals surface area contributed by atoms with Gasteiger partial charge in [-0.25, -0.2) is 0 Å². The number of benzene rings is 1. The largest absolute Gasteiger partial charge is 0.457 e. The van der Waals surface area contributed by atoms with Gasteiger partial charge in [-0.05, 0) is 37.6 Å². The minimum absolute atomic E-state index is 0.946. The molecule has 96 valence electrons. The number of fused-ring (bicyclic) bond motifs is 1. The van der Waals surface area contributed by atoms with Crippen molar-refractivity contribution in [3.63, 3.8) is 0 Å². The first-order valence-corrected chi connectivity index (χ1v) is 6.72. The number of furan rings is 1. The molecule has 0 saturated carbocycles. The van der Waals surface area contributed by atoms with Crippen LogP contribution in [-0.2, 0) is 0 Å². The highest BCUT2D eigenvalue weighted by Crippen LogP contribution is 2.21. The number of nitrogens with one attached hydrogen (secondary N) is 1. The summed E-state index contributed by atoms with van der Waals surface area (Å²) in [5.74, 6) is 0.950. The summed E-state index contributed by atoms with van der Waals surface area (Å²) in [6, 6.07) is 10.2. The number of hydrogen-bond donors (Lipinski definition) is 1. The van der Waals surface area contributed by atoms with Crippen molar-refractivity contribution in [3.05, 3.63) is 41.7 Å². The molecule has 1 heterocycles. The van der Waals surface area contributed by atoms with E-state index in [0.29, 0.717) is 0 Å². The van der Waals surface area contributed by atoms with E-state index in [-0.39, 0.29) is 0 Å². The average Bonchev–Trinajstić information content (AvgIpc) is 2.80. The van der Waals surface area contributed by atoms with E-state index >= 15 is 0 Å². The normalized spacial score (nSPS) is 12.2. The molecular formula is C16H21NO. The second-order valence-corrected chi connectivity index (χ2v) is 4.52. The molecule has 2 aromatic rings. The molecule has 0 spiro atoms. The lowest BCUT2D eigenvalue weighted by Crippen LogP contribution is -2.17. The zero-order valence-corrected chi connectivity index (χ0v) is 11.2. The highest BCUT2D eigenvalue weighted by Gasteiger charge is 2.02. The van der Waals surface area contributed by atoms with Gasteiger partial charge in [-0.3, -0.25) is 0 Å². The molecule has 2 rings (SSSR count). The minimum Gasteiger partial charge on any atom is -0.457 e. The molecule has 2 nitrogen and oxygen atoms in total. The molecule has 18 heavy (non-hydrogen) atoms. The molecule has 0 radical (unpaired) electrons. The Hall–Kier alpha value is -1.54. The maximum absolute atomic E-state index is 5.80. The van der Waals surface area contributed by atoms with Gasteiger partial charge in [0.25, 0.3) is 0 Å². The molecular weight excluding hydrogens is 222 g/mol. The fourth-order valence-electron chi connectivity index (χ4n) is 1.98. The molecule has 0 unspecified atom stereocenters. The van der Waals surface area contributed by atoms with Crippen LogP contribution in [0.25, 0.3) is 17.0 Å². The lowest BCUT2D eigenvalue weighted by molar-refractivity contribution is 0.602. The third kappa shape index (κ3) is 3.23. The van der Waals surface area contributed by atoms with E-state index < -0.39 is 0 Å². The van der Waals surface area contributed by atoms with E-state index in [1.54, 1.807) is 0 Å². The quantitative estimate of drug-likeness (QED) is 0.768. The standard InChI is InChI=1S/C16H21NO/c1-3-9-17-12-13(4-2)10-15-11-14-7-5-6-8-16(14)18-15/h5-8,10-11,17H,3-4,9,12H2,1-2H3. The first-order chi connectivity index (χ1) is 8.83. The maximum atomic E-state index is 5.80. The smallest absolute Gasteiger partial charge is 0.134 e. The molecule has 1 aromatic heterocycles. The van der Waals surface area contributed by atoms with Gasteiger partial charge in [-0.2, -0.15) is 0 Å². The summed E-state index contributed by atoms with van der Waals surface area (Å²) in [6.07, 6.45) is 4.37. The lowest BCUT2D eigenvalue weighted by Gasteiger charge is -2.05. The van der Waals surface area contributed by atoms with Crippen molar-refractivity contribution in [3.8, 4) is 0 Å². The third-order valence-electron chi connectivity index (χ3n) is 3.02. The Morgan fingerprint density at radius 1 is 1.28 bits per heavy atom. The van der Waals surface area contributed by atoms with Gasteiger partial charge in [-0.15, -0.1) is 0 Å². The van der Waals surface area contributed by atoms with Crippen LogP contribution in [0, 0.1) is 0 Å². The minimum atomic E-state index is 0.946. The van der Waals surface area contributed by atoms with Crippen LogP contribution in [0.15, 0.2) is 40.3 Å². The molecule has 0 saturated heterocycles. The summed E-state index contributed by atoms with van der Waals surface area (Å²) in [6.45, 7) is 6.38. The van der Waals surface area contributed by atoms with Gasteiger partial charge in [0.1, 0.15) is 11.3 Å². The van der Waals surface area contributed by atoms with Crippen LogP contribution in [0.3, 0.4) is 0 Å². The SMILES string of the molecule is CCCNCC(=Cc1cc2ccccc2o1)CC. The van der Waals surface area contributed by atoms with E-state index in [9.17, 15) is 0 Å². The van der Waals surface area contributed by atoms with E-state index in [4.69, 9.17) is 4.42 Å². The third-order valence-corrected chi connectivity index (χ3v) is 3.02. The number of para-hydroxylation sites is 1. The predicted octanol–water partition coefficient (Wildman–Crippen LogP) is 4.23. The molecule has 1 aromatic carbocycles. The van der Waals surface area contributed by atoms with Crippen LogP contribution in [-0.4, -0.2) is 13.1 Å². The van der Waals surface area contributed by atoms with Crippen LogP contribution in [0.1, 0.15) is 32.4 Å². The van der Waals surface area contributed by atoms with Crippen molar-refractivity contribution in [2.75, 3.05) is 13.1 Å². The van der Waals surface area contributed by atoms with Crippen LogP contribution < -0.4 is 5.32 Å². The van der Waals surface area contributed by atoms with Gasteiger partial charge in [-0.1, -0.05) is 37.6 Å². The highest BCUT2D eigenvalue weighted by molar-refractivity contribution is 5.79. The van der Waals surface area contributed by atoms with Crippen LogP contribution in [0.2, 0.25) is 0 Å². The van der Waals surface area contributed by atoms with Crippen molar-refractivity contribution in [1.29, 1.82) is 0 Å². The van der Waals surface area contributed by atoms with E-state index in [1.807, 2.05) is 18.2 Å². The van der Waals surface area contributed by atoms with E-state index in [0.717, 1.165) is 30.9 Å². The molecule has 1 N–H and O–H groups in total. The molecule has 0 aliphatic rings. The molecule has 2 heteroatoms. The van der Waals surface area contributed by atoms with E-state index in [1.165, 1.54) is 17.4 Å². The van der Waals surface area contributed by atoms with Crippen LogP contribution >= 0.6 is 0 Å². The zero-order chi connectivity index (χ0) is 12.8. The number of rotatable bonds is 6. The summed E-state index contributed by atoms with van der Waals surface area (Å²) in [5.41, 5.74) is 2.34. The molecule has 0 bridgehead atoms. The first kappa shape index (κ1) is 12.9. The molecule has 0 atom stereocenters. The Labute approximate surface area is 109 Å². The van der Waals surface area contributed by atoms with Crippen molar-refractivity contribution in [1.82, 2.24) is 5.32 Å². The van der Waals surface area contributed by atoms with Crippen molar-refractivity contribution in [2.24, 2.45) is 0 Å². The Morgan fingerprint density at radius 3 is 2.83 bits per heavy atom. The number of hydrogen-bond acceptors (Lipinski definition) is 2. The Bertz CT molecular complexity index is 492. The second-order valence-electron chi connectivity index (χ2n) is 4.52. The predicted molar refractivity (Wildman–Crippen MR) is 77.6 cm³/mol. The molecule has 0 aliphatic carbocycles. The Kier molecular flexibility index (Phi) is 4.59. The fourth-order valence-corrected chi connectivity index (χ4v) is 1.98. The molecule has 0 amide bonds. The maximum Gasteiger partial charge on any atom is 0.134 e. The van der Waals surface area contributed by atoms with Gasteiger partial charge in [0, 0.05) is 11.9 Å². The average molecular weight is 243 g/mol. The van der Waals surface area contributed by atoms with Crippen molar-refractivity contribution < 1.29 is 4.42 Å². The summed E-state index contributed by atoms with van der Waals surface area (Å²) in [7, 11) is 0. The van der Waals surface area contributed by atoms with Crippen molar-refractivity contribution in [2.45, 2.75) is 26.7 Å². The molecule has 0 aliphatic heterocycles. The van der Waals surface area contributed by atoms with Gasteiger partial charge in [0.15, 0.2) is 0 Å². The summed E-state index contributed by atoms with van der Waals surface area (Å²) in [5, 5.41) is 4.60. The van der Waals surface area contributed by atoms with Crippen molar-refractivity contribution >= 4 is 17.0 Å². The Balaban J connectivity index is 2.13. The fraction of sp³-hybridized carbons (Fsp3) is 0.375. The van der Waals surface area contributed by atoms with Gasteiger partial charge < -0.3 is 9.73 Å². The lowest BCUT2D eigenvalue weighted by atomic mass is 10.1. The highest BCUT2D eigenvalue weighted by atomic mass is 16.3. The van der Waals surface area contributed by atoms with Crippen LogP contribution in [0.5, 0.6) is 0 Å². The monoisotopic (exact) mass is 243 g/mol. The summed E-state index contributed by atoms with van der Waals surface area (Å²) >= 11 is 0. The van der Waals surface area contributed by atoms with Gasteiger partial charge in [0.2, 0.25) is 0 Å². The first-order valence-electron chi connectivity index (χ1n) is 6.72. The summed E-state index contributed by atoms with van der Waals surface area (Å²) < 4.78 is 5.80. The topological polar surface area (TPSA) is 25.2 Å². The second kappa shape index (κ2) is 6.41. The van der Waals surface area contributed by atoms with Gasteiger partial charge >= 0.3 is 0 Å². The summed E-state index contributed by atoms with van der Waals surface area (Å²) in [4.78, 5) is 0.